The second-order valence-corrected chi connectivity index (χ2v) is 4.48. The van der Waals surface area contributed by atoms with Crippen LogP contribution in [0.5, 0.6) is 0 Å². The van der Waals surface area contributed by atoms with Crippen molar-refractivity contribution in [1.29, 1.82) is 0 Å². The van der Waals surface area contributed by atoms with Gasteiger partial charge in [0.1, 0.15) is 11.4 Å². The Balaban J connectivity index is 2.07. The first-order valence-corrected chi connectivity index (χ1v) is 5.77. The van der Waals surface area contributed by atoms with E-state index in [0.717, 1.165) is 24.7 Å². The minimum absolute atomic E-state index is 0.377. The average Bonchev–Trinajstić information content (AvgIpc) is 3.10. The van der Waals surface area contributed by atoms with Crippen molar-refractivity contribution in [3.8, 4) is 11.3 Å². The molecule has 1 aliphatic rings. The number of benzene rings is 1. The van der Waals surface area contributed by atoms with Crippen LogP contribution in [0.25, 0.3) is 11.3 Å². The Morgan fingerprint density at radius 1 is 1.29 bits per heavy atom. The lowest BCUT2D eigenvalue weighted by atomic mass is 10.1. The van der Waals surface area contributed by atoms with E-state index in [4.69, 9.17) is 0 Å². The number of carbonyl (C=O) groups excluding carboxylic acids is 1. The van der Waals surface area contributed by atoms with E-state index in [1.807, 2.05) is 31.2 Å². The summed E-state index contributed by atoms with van der Waals surface area (Å²) in [6, 6.07) is 8.36. The van der Waals surface area contributed by atoms with Gasteiger partial charge in [0, 0.05) is 5.56 Å². The Morgan fingerprint density at radius 3 is 2.59 bits per heavy atom. The Hall–Kier alpha value is -1.97. The molecule has 2 aromatic rings. The molecule has 4 nitrogen and oxygen atoms in total. The van der Waals surface area contributed by atoms with Gasteiger partial charge in [0.05, 0.1) is 6.04 Å². The largest absolute Gasteiger partial charge is 0.296 e. The summed E-state index contributed by atoms with van der Waals surface area (Å²) in [5.74, 6) is 0. The molecule has 1 aromatic carbocycles. The van der Waals surface area contributed by atoms with Crippen LogP contribution in [0.4, 0.5) is 0 Å². The van der Waals surface area contributed by atoms with Crippen LogP contribution in [0.3, 0.4) is 0 Å². The zero-order valence-electron chi connectivity index (χ0n) is 9.63. The van der Waals surface area contributed by atoms with Gasteiger partial charge in [0.15, 0.2) is 6.29 Å². The normalized spacial score (nSPS) is 14.9. The highest BCUT2D eigenvalue weighted by Gasteiger charge is 2.28. The molecule has 1 aliphatic carbocycles. The van der Waals surface area contributed by atoms with Crippen molar-refractivity contribution in [1.82, 2.24) is 15.0 Å². The number of hydrogen-bond donors (Lipinski definition) is 0. The summed E-state index contributed by atoms with van der Waals surface area (Å²) in [4.78, 5) is 11.2. The predicted molar refractivity (Wildman–Crippen MR) is 63.9 cm³/mol. The fourth-order valence-electron chi connectivity index (χ4n) is 1.92. The number of rotatable bonds is 3. The minimum atomic E-state index is 0.377. The van der Waals surface area contributed by atoms with Crippen molar-refractivity contribution < 1.29 is 4.79 Å². The first kappa shape index (κ1) is 10.2. The van der Waals surface area contributed by atoms with Crippen LogP contribution in [0.15, 0.2) is 24.3 Å². The van der Waals surface area contributed by atoms with E-state index in [-0.39, 0.29) is 0 Å². The molecule has 0 saturated heterocycles. The molecule has 4 heteroatoms. The number of carbonyl (C=O) groups is 1. The summed E-state index contributed by atoms with van der Waals surface area (Å²) in [7, 11) is 0. The zero-order valence-corrected chi connectivity index (χ0v) is 9.63. The molecule has 0 amide bonds. The fourth-order valence-corrected chi connectivity index (χ4v) is 1.92. The molecule has 0 spiro atoms. The summed E-state index contributed by atoms with van der Waals surface area (Å²) in [6.45, 7) is 2.03. The SMILES string of the molecule is Cc1ccc(-c2nnn(C3CC3)c2C=O)cc1. The van der Waals surface area contributed by atoms with Gasteiger partial charge in [0.25, 0.3) is 0 Å². The summed E-state index contributed by atoms with van der Waals surface area (Å²) in [6.07, 6.45) is 3.04. The highest BCUT2D eigenvalue weighted by molar-refractivity contribution is 5.83. The second-order valence-electron chi connectivity index (χ2n) is 4.48. The number of aryl methyl sites for hydroxylation is 1. The van der Waals surface area contributed by atoms with Crippen LogP contribution in [0.2, 0.25) is 0 Å². The van der Waals surface area contributed by atoms with Gasteiger partial charge in [-0.05, 0) is 19.8 Å². The molecule has 0 unspecified atom stereocenters. The molecule has 0 atom stereocenters. The van der Waals surface area contributed by atoms with Crippen LogP contribution in [0, 0.1) is 6.92 Å². The van der Waals surface area contributed by atoms with Crippen molar-refractivity contribution in [2.24, 2.45) is 0 Å². The lowest BCUT2D eigenvalue weighted by Crippen LogP contribution is -2.01. The van der Waals surface area contributed by atoms with Gasteiger partial charge in [-0.2, -0.15) is 0 Å². The number of nitrogens with zero attached hydrogens (tertiary/aromatic N) is 3. The van der Waals surface area contributed by atoms with E-state index in [0.29, 0.717) is 17.4 Å². The van der Waals surface area contributed by atoms with E-state index in [1.165, 1.54) is 5.56 Å². The Bertz CT molecular complexity index is 553. The molecule has 1 saturated carbocycles. The summed E-state index contributed by atoms with van der Waals surface area (Å²) in [5.41, 5.74) is 3.42. The quantitative estimate of drug-likeness (QED) is 0.756. The predicted octanol–water partition coefficient (Wildman–Crippen LogP) is 2.40. The molecule has 1 heterocycles. The maximum atomic E-state index is 11.2. The van der Waals surface area contributed by atoms with E-state index in [9.17, 15) is 4.79 Å². The first-order valence-electron chi connectivity index (χ1n) is 5.77. The van der Waals surface area contributed by atoms with Crippen LogP contribution < -0.4 is 0 Å². The van der Waals surface area contributed by atoms with Gasteiger partial charge in [-0.3, -0.25) is 4.79 Å². The van der Waals surface area contributed by atoms with Crippen molar-refractivity contribution in [3.05, 3.63) is 35.5 Å². The number of aromatic nitrogens is 3. The van der Waals surface area contributed by atoms with Gasteiger partial charge in [0.2, 0.25) is 0 Å². The van der Waals surface area contributed by atoms with Gasteiger partial charge >= 0.3 is 0 Å². The van der Waals surface area contributed by atoms with E-state index >= 15 is 0 Å². The van der Waals surface area contributed by atoms with Crippen LogP contribution in [0.1, 0.15) is 34.9 Å². The maximum Gasteiger partial charge on any atom is 0.170 e. The van der Waals surface area contributed by atoms with Crippen molar-refractivity contribution in [2.75, 3.05) is 0 Å². The van der Waals surface area contributed by atoms with E-state index in [1.54, 1.807) is 4.68 Å². The van der Waals surface area contributed by atoms with E-state index < -0.39 is 0 Å². The standard InChI is InChI=1S/C13H13N3O/c1-9-2-4-10(5-3-9)13-12(8-17)16(15-14-13)11-6-7-11/h2-5,8,11H,6-7H2,1H3. The number of aldehydes is 1. The highest BCUT2D eigenvalue weighted by atomic mass is 16.1. The molecule has 17 heavy (non-hydrogen) atoms. The van der Waals surface area contributed by atoms with Crippen molar-refractivity contribution in [3.63, 3.8) is 0 Å². The summed E-state index contributed by atoms with van der Waals surface area (Å²) in [5, 5.41) is 8.21. The minimum Gasteiger partial charge on any atom is -0.296 e. The molecule has 0 N–H and O–H groups in total. The third-order valence-corrected chi connectivity index (χ3v) is 3.06. The lowest BCUT2D eigenvalue weighted by Gasteiger charge is -2.00. The van der Waals surface area contributed by atoms with E-state index in [2.05, 4.69) is 10.3 Å². The molecular weight excluding hydrogens is 214 g/mol. The Morgan fingerprint density at radius 2 is 2.00 bits per heavy atom. The van der Waals surface area contributed by atoms with Crippen LogP contribution in [-0.2, 0) is 0 Å². The molecule has 1 fully saturated rings. The van der Waals surface area contributed by atoms with Gasteiger partial charge < -0.3 is 0 Å². The second kappa shape index (κ2) is 3.80. The molecule has 0 aliphatic heterocycles. The van der Waals surface area contributed by atoms with Crippen LogP contribution >= 0.6 is 0 Å². The topological polar surface area (TPSA) is 47.8 Å². The fraction of sp³-hybridized carbons (Fsp3) is 0.308. The lowest BCUT2D eigenvalue weighted by molar-refractivity contribution is 0.111. The summed E-state index contributed by atoms with van der Waals surface area (Å²) < 4.78 is 1.75. The smallest absolute Gasteiger partial charge is 0.170 e. The van der Waals surface area contributed by atoms with Crippen LogP contribution in [-0.4, -0.2) is 21.3 Å². The molecule has 0 radical (unpaired) electrons. The molecular formula is C13H13N3O. The summed E-state index contributed by atoms with van der Waals surface area (Å²) >= 11 is 0. The molecule has 86 valence electrons. The third-order valence-electron chi connectivity index (χ3n) is 3.06. The van der Waals surface area contributed by atoms with Crippen molar-refractivity contribution in [2.45, 2.75) is 25.8 Å². The maximum absolute atomic E-state index is 11.2. The van der Waals surface area contributed by atoms with Gasteiger partial charge in [-0.15, -0.1) is 5.10 Å². The van der Waals surface area contributed by atoms with Gasteiger partial charge in [-0.1, -0.05) is 35.0 Å². The average molecular weight is 227 g/mol. The third kappa shape index (κ3) is 1.75. The monoisotopic (exact) mass is 227 g/mol. The first-order chi connectivity index (χ1) is 8.29. The Kier molecular flexibility index (Phi) is 2.28. The Labute approximate surface area is 99.3 Å². The molecule has 1 aromatic heterocycles. The highest BCUT2D eigenvalue weighted by Crippen LogP contribution is 2.36. The van der Waals surface area contributed by atoms with Gasteiger partial charge in [-0.25, -0.2) is 4.68 Å². The number of hydrogen-bond acceptors (Lipinski definition) is 3. The van der Waals surface area contributed by atoms with Crippen molar-refractivity contribution >= 4 is 6.29 Å². The zero-order chi connectivity index (χ0) is 11.8. The molecule has 3 rings (SSSR count). The molecule has 0 bridgehead atoms.